The second-order valence-electron chi connectivity index (χ2n) is 3.98. The molecule has 1 heterocycles. The summed E-state index contributed by atoms with van der Waals surface area (Å²) < 4.78 is 0. The van der Waals surface area contributed by atoms with E-state index in [2.05, 4.69) is 4.98 Å². The Hall–Kier alpha value is -1.54. The fraction of sp³-hybridized carbons (Fsp3) is 0.154. The summed E-state index contributed by atoms with van der Waals surface area (Å²) in [6.45, 7) is 3.81. The van der Waals surface area contributed by atoms with Crippen molar-refractivity contribution in [1.29, 1.82) is 0 Å². The Kier molecular flexibility index (Phi) is 2.84. The number of ketones is 1. The number of rotatable bonds is 2. The minimum absolute atomic E-state index is 0.0218. The number of allylic oxidation sites excluding steroid dienone is 2. The highest BCUT2D eigenvalue weighted by Gasteiger charge is 2.09. The van der Waals surface area contributed by atoms with E-state index in [0.717, 1.165) is 16.5 Å². The molecule has 16 heavy (non-hydrogen) atoms. The van der Waals surface area contributed by atoms with Crippen molar-refractivity contribution in [3.05, 3.63) is 46.6 Å². The molecule has 3 heteroatoms. The zero-order valence-corrected chi connectivity index (χ0v) is 9.93. The van der Waals surface area contributed by atoms with Crippen molar-refractivity contribution >= 4 is 28.3 Å². The topological polar surface area (TPSA) is 32.9 Å². The summed E-state index contributed by atoms with van der Waals surface area (Å²) in [5.41, 5.74) is 2.57. The monoisotopic (exact) mass is 233 g/mol. The summed E-state index contributed by atoms with van der Waals surface area (Å²) in [6, 6.07) is 5.47. The first-order valence-corrected chi connectivity index (χ1v) is 5.41. The molecule has 0 aliphatic rings. The number of benzene rings is 1. The highest BCUT2D eigenvalue weighted by Crippen LogP contribution is 2.22. The first kappa shape index (κ1) is 11.0. The van der Waals surface area contributed by atoms with Crippen molar-refractivity contribution in [2.24, 2.45) is 0 Å². The average molecular weight is 234 g/mol. The van der Waals surface area contributed by atoms with Gasteiger partial charge in [0.2, 0.25) is 0 Å². The Balaban J connectivity index is 2.54. The number of fused-ring (bicyclic) bond motifs is 1. The van der Waals surface area contributed by atoms with Crippen LogP contribution in [0.25, 0.3) is 10.9 Å². The number of halogens is 1. The van der Waals surface area contributed by atoms with Crippen LogP contribution in [0.3, 0.4) is 0 Å². The van der Waals surface area contributed by atoms with E-state index in [-0.39, 0.29) is 5.78 Å². The van der Waals surface area contributed by atoms with Crippen LogP contribution in [0, 0.1) is 0 Å². The maximum atomic E-state index is 11.9. The zero-order valence-electron chi connectivity index (χ0n) is 9.17. The van der Waals surface area contributed by atoms with Crippen molar-refractivity contribution in [1.82, 2.24) is 4.98 Å². The molecule has 2 rings (SSSR count). The molecule has 0 bridgehead atoms. The predicted molar refractivity (Wildman–Crippen MR) is 67.1 cm³/mol. The van der Waals surface area contributed by atoms with E-state index in [4.69, 9.17) is 11.6 Å². The largest absolute Gasteiger partial charge is 0.360 e. The molecule has 0 fully saturated rings. The molecule has 0 spiro atoms. The summed E-state index contributed by atoms with van der Waals surface area (Å²) in [4.78, 5) is 14.9. The van der Waals surface area contributed by atoms with Crippen molar-refractivity contribution in [3.63, 3.8) is 0 Å². The molecule has 0 unspecified atom stereocenters. The van der Waals surface area contributed by atoms with Gasteiger partial charge in [0, 0.05) is 27.7 Å². The molecule has 82 valence electrons. The fourth-order valence-corrected chi connectivity index (χ4v) is 1.81. The van der Waals surface area contributed by atoms with Gasteiger partial charge in [0.1, 0.15) is 0 Å². The van der Waals surface area contributed by atoms with Crippen LogP contribution in [-0.2, 0) is 0 Å². The molecule has 0 saturated carbocycles. The van der Waals surface area contributed by atoms with Crippen LogP contribution in [0.4, 0.5) is 0 Å². The van der Waals surface area contributed by atoms with E-state index in [1.54, 1.807) is 18.3 Å². The molecule has 0 aliphatic heterocycles. The summed E-state index contributed by atoms with van der Waals surface area (Å²) in [6.07, 6.45) is 3.36. The second-order valence-corrected chi connectivity index (χ2v) is 4.41. The molecule has 1 aromatic heterocycles. The van der Waals surface area contributed by atoms with E-state index in [1.807, 2.05) is 26.0 Å². The van der Waals surface area contributed by atoms with Crippen molar-refractivity contribution in [2.75, 3.05) is 0 Å². The minimum Gasteiger partial charge on any atom is -0.360 e. The molecule has 0 amide bonds. The Morgan fingerprint density at radius 1 is 1.38 bits per heavy atom. The fourth-order valence-electron chi connectivity index (χ4n) is 1.64. The average Bonchev–Trinajstić information content (AvgIpc) is 2.59. The number of H-pyrrole nitrogens is 1. The molecule has 2 nitrogen and oxygen atoms in total. The number of hydrogen-bond acceptors (Lipinski definition) is 1. The summed E-state index contributed by atoms with van der Waals surface area (Å²) in [5.74, 6) is 0.0218. The molecule has 0 radical (unpaired) electrons. The number of aromatic nitrogens is 1. The zero-order chi connectivity index (χ0) is 11.7. The Morgan fingerprint density at radius 3 is 2.81 bits per heavy atom. The number of hydrogen-bond donors (Lipinski definition) is 1. The highest BCUT2D eigenvalue weighted by molar-refractivity contribution is 6.31. The van der Waals surface area contributed by atoms with E-state index in [0.29, 0.717) is 10.6 Å². The lowest BCUT2D eigenvalue weighted by Gasteiger charge is -1.95. The molecular weight excluding hydrogens is 222 g/mol. The van der Waals surface area contributed by atoms with Crippen LogP contribution >= 0.6 is 11.6 Å². The van der Waals surface area contributed by atoms with E-state index >= 15 is 0 Å². The molecule has 1 aromatic carbocycles. The van der Waals surface area contributed by atoms with Crippen molar-refractivity contribution in [3.8, 4) is 0 Å². The van der Waals surface area contributed by atoms with Gasteiger partial charge in [-0.25, -0.2) is 0 Å². The summed E-state index contributed by atoms with van der Waals surface area (Å²) >= 11 is 5.87. The van der Waals surface area contributed by atoms with Crippen LogP contribution < -0.4 is 0 Å². The van der Waals surface area contributed by atoms with Crippen molar-refractivity contribution < 1.29 is 4.79 Å². The molecule has 0 atom stereocenters. The SMILES string of the molecule is CC(C)=CC(=O)c1c[nH]c2cc(Cl)ccc12. The first-order chi connectivity index (χ1) is 7.58. The van der Waals surface area contributed by atoms with Crippen LogP contribution in [0.1, 0.15) is 24.2 Å². The van der Waals surface area contributed by atoms with Crippen LogP contribution in [0.5, 0.6) is 0 Å². The Morgan fingerprint density at radius 2 is 2.12 bits per heavy atom. The van der Waals surface area contributed by atoms with E-state index in [9.17, 15) is 4.79 Å². The first-order valence-electron chi connectivity index (χ1n) is 5.04. The van der Waals surface area contributed by atoms with Gasteiger partial charge in [-0.1, -0.05) is 23.2 Å². The van der Waals surface area contributed by atoms with Gasteiger partial charge >= 0.3 is 0 Å². The highest BCUT2D eigenvalue weighted by atomic mass is 35.5. The van der Waals surface area contributed by atoms with Gasteiger partial charge in [-0.05, 0) is 32.1 Å². The summed E-state index contributed by atoms with van der Waals surface area (Å²) in [5, 5.41) is 1.57. The lowest BCUT2D eigenvalue weighted by Crippen LogP contribution is -1.93. The van der Waals surface area contributed by atoms with Crippen LogP contribution in [-0.4, -0.2) is 10.8 Å². The van der Waals surface area contributed by atoms with Gasteiger partial charge in [-0.15, -0.1) is 0 Å². The molecular formula is C13H12ClNO. The van der Waals surface area contributed by atoms with Crippen LogP contribution in [0.2, 0.25) is 5.02 Å². The lowest BCUT2D eigenvalue weighted by atomic mass is 10.1. The normalized spacial score (nSPS) is 10.4. The molecule has 1 N–H and O–H groups in total. The quantitative estimate of drug-likeness (QED) is 0.618. The Labute approximate surface area is 98.9 Å². The third kappa shape index (κ3) is 2.02. The lowest BCUT2D eigenvalue weighted by molar-refractivity contribution is 0.104. The maximum absolute atomic E-state index is 11.9. The minimum atomic E-state index is 0.0218. The third-order valence-electron chi connectivity index (χ3n) is 2.33. The second kappa shape index (κ2) is 4.14. The molecule has 0 aliphatic carbocycles. The van der Waals surface area contributed by atoms with Gasteiger partial charge in [-0.2, -0.15) is 0 Å². The predicted octanol–water partition coefficient (Wildman–Crippen LogP) is 3.97. The number of carbonyl (C=O) groups excluding carboxylic acids is 1. The smallest absolute Gasteiger partial charge is 0.187 e. The third-order valence-corrected chi connectivity index (χ3v) is 2.56. The molecule has 2 aromatic rings. The maximum Gasteiger partial charge on any atom is 0.187 e. The van der Waals surface area contributed by atoms with Gasteiger partial charge in [0.05, 0.1) is 0 Å². The van der Waals surface area contributed by atoms with E-state index in [1.165, 1.54) is 0 Å². The number of aromatic amines is 1. The van der Waals surface area contributed by atoms with Crippen LogP contribution in [0.15, 0.2) is 36.0 Å². The summed E-state index contributed by atoms with van der Waals surface area (Å²) in [7, 11) is 0. The van der Waals surface area contributed by atoms with Gasteiger partial charge in [0.25, 0.3) is 0 Å². The van der Waals surface area contributed by atoms with E-state index < -0.39 is 0 Å². The number of nitrogens with one attached hydrogen (secondary N) is 1. The van der Waals surface area contributed by atoms with Crippen molar-refractivity contribution in [2.45, 2.75) is 13.8 Å². The van der Waals surface area contributed by atoms with Gasteiger partial charge < -0.3 is 4.98 Å². The number of carbonyl (C=O) groups is 1. The standard InChI is InChI=1S/C13H12ClNO/c1-8(2)5-13(16)11-7-15-12-6-9(14)3-4-10(11)12/h3-7,15H,1-2H3. The van der Waals surface area contributed by atoms with Gasteiger partial charge in [-0.3, -0.25) is 4.79 Å². The van der Waals surface area contributed by atoms with Gasteiger partial charge in [0.15, 0.2) is 5.78 Å². The Bertz CT molecular complexity index is 577. The molecule has 0 saturated heterocycles.